The SMILES string of the molecule is O=C(Nc1ccc(F)c(F)c1)c1cnc(NCc2ccncc2)cn1. The molecule has 2 heterocycles. The molecule has 0 saturated heterocycles. The average molecular weight is 341 g/mol. The third-order valence-corrected chi connectivity index (χ3v) is 3.28. The van der Waals surface area contributed by atoms with Crippen molar-refractivity contribution in [3.8, 4) is 0 Å². The van der Waals surface area contributed by atoms with Gasteiger partial charge in [0.15, 0.2) is 11.6 Å². The van der Waals surface area contributed by atoms with Crippen LogP contribution in [0.3, 0.4) is 0 Å². The normalized spacial score (nSPS) is 10.3. The molecule has 25 heavy (non-hydrogen) atoms. The van der Waals surface area contributed by atoms with E-state index in [0.29, 0.717) is 12.4 Å². The van der Waals surface area contributed by atoms with Gasteiger partial charge in [0.25, 0.3) is 5.91 Å². The van der Waals surface area contributed by atoms with E-state index in [1.165, 1.54) is 18.5 Å². The van der Waals surface area contributed by atoms with E-state index >= 15 is 0 Å². The zero-order valence-corrected chi connectivity index (χ0v) is 12.9. The van der Waals surface area contributed by atoms with Crippen LogP contribution in [0.5, 0.6) is 0 Å². The number of carbonyl (C=O) groups is 1. The number of nitrogens with zero attached hydrogens (tertiary/aromatic N) is 3. The third-order valence-electron chi connectivity index (χ3n) is 3.28. The van der Waals surface area contributed by atoms with E-state index in [1.54, 1.807) is 12.4 Å². The molecule has 1 amide bonds. The predicted molar refractivity (Wildman–Crippen MR) is 87.9 cm³/mol. The summed E-state index contributed by atoms with van der Waals surface area (Å²) in [5.74, 6) is -2.10. The van der Waals surface area contributed by atoms with Gasteiger partial charge in [0, 0.05) is 30.7 Å². The average Bonchev–Trinajstić information content (AvgIpc) is 2.64. The van der Waals surface area contributed by atoms with Crippen molar-refractivity contribution < 1.29 is 13.6 Å². The molecule has 0 aliphatic heterocycles. The Kier molecular flexibility index (Phi) is 4.89. The first kappa shape index (κ1) is 16.4. The number of aromatic nitrogens is 3. The Balaban J connectivity index is 1.61. The van der Waals surface area contributed by atoms with Gasteiger partial charge in [-0.15, -0.1) is 0 Å². The number of hydrogen-bond donors (Lipinski definition) is 2. The first-order chi connectivity index (χ1) is 12.1. The summed E-state index contributed by atoms with van der Waals surface area (Å²) in [6, 6.07) is 6.82. The summed E-state index contributed by atoms with van der Waals surface area (Å²) < 4.78 is 26.0. The second-order valence-corrected chi connectivity index (χ2v) is 5.08. The van der Waals surface area contributed by atoms with Crippen LogP contribution in [0.2, 0.25) is 0 Å². The van der Waals surface area contributed by atoms with Gasteiger partial charge in [0.2, 0.25) is 0 Å². The molecule has 2 N–H and O–H groups in total. The monoisotopic (exact) mass is 341 g/mol. The Hall–Kier alpha value is -3.42. The van der Waals surface area contributed by atoms with Crippen LogP contribution < -0.4 is 10.6 Å². The number of benzene rings is 1. The van der Waals surface area contributed by atoms with Crippen LogP contribution >= 0.6 is 0 Å². The molecule has 2 aromatic heterocycles. The summed E-state index contributed by atoms with van der Waals surface area (Å²) in [5, 5.41) is 5.49. The molecular weight excluding hydrogens is 328 g/mol. The van der Waals surface area contributed by atoms with Gasteiger partial charge in [0.1, 0.15) is 11.5 Å². The first-order valence-corrected chi connectivity index (χ1v) is 7.33. The molecule has 0 saturated carbocycles. The smallest absolute Gasteiger partial charge is 0.275 e. The van der Waals surface area contributed by atoms with Crippen LogP contribution in [-0.4, -0.2) is 20.9 Å². The lowest BCUT2D eigenvalue weighted by Crippen LogP contribution is -2.14. The number of anilines is 2. The highest BCUT2D eigenvalue weighted by Crippen LogP contribution is 2.14. The molecule has 0 bridgehead atoms. The van der Waals surface area contributed by atoms with Gasteiger partial charge >= 0.3 is 0 Å². The highest BCUT2D eigenvalue weighted by molar-refractivity contribution is 6.02. The maximum absolute atomic E-state index is 13.1. The first-order valence-electron chi connectivity index (χ1n) is 7.33. The maximum atomic E-state index is 13.1. The van der Waals surface area contributed by atoms with Crippen LogP contribution in [0.1, 0.15) is 16.1 Å². The Morgan fingerprint density at radius 1 is 1.00 bits per heavy atom. The highest BCUT2D eigenvalue weighted by atomic mass is 19.2. The molecule has 6 nitrogen and oxygen atoms in total. The number of carbonyl (C=O) groups excluding carboxylic acids is 1. The van der Waals surface area contributed by atoms with Crippen molar-refractivity contribution in [3.63, 3.8) is 0 Å². The van der Waals surface area contributed by atoms with E-state index in [2.05, 4.69) is 25.6 Å². The quantitative estimate of drug-likeness (QED) is 0.746. The highest BCUT2D eigenvalue weighted by Gasteiger charge is 2.10. The largest absolute Gasteiger partial charge is 0.365 e. The van der Waals surface area contributed by atoms with Crippen LogP contribution in [-0.2, 0) is 6.54 Å². The summed E-state index contributed by atoms with van der Waals surface area (Å²) in [4.78, 5) is 24.1. The molecule has 0 aliphatic rings. The number of hydrogen-bond acceptors (Lipinski definition) is 5. The van der Waals surface area contributed by atoms with Gasteiger partial charge in [-0.25, -0.2) is 18.7 Å². The summed E-state index contributed by atoms with van der Waals surface area (Å²) in [7, 11) is 0. The van der Waals surface area contributed by atoms with Gasteiger partial charge < -0.3 is 10.6 Å². The number of rotatable bonds is 5. The van der Waals surface area contributed by atoms with E-state index in [4.69, 9.17) is 0 Å². The van der Waals surface area contributed by atoms with E-state index in [1.807, 2.05) is 12.1 Å². The van der Waals surface area contributed by atoms with Crippen molar-refractivity contribution in [3.05, 3.63) is 78.0 Å². The van der Waals surface area contributed by atoms with Crippen molar-refractivity contribution in [2.24, 2.45) is 0 Å². The Labute approximate surface area is 142 Å². The minimum absolute atomic E-state index is 0.0548. The summed E-state index contributed by atoms with van der Waals surface area (Å²) in [6.45, 7) is 0.539. The van der Waals surface area contributed by atoms with Gasteiger partial charge in [0.05, 0.1) is 12.4 Å². The lowest BCUT2D eigenvalue weighted by Gasteiger charge is -2.07. The zero-order chi connectivity index (χ0) is 17.6. The molecule has 8 heteroatoms. The standard InChI is InChI=1S/C17H13F2N5O/c18-13-2-1-12(7-14(13)19)24-17(25)15-9-23-16(10-21-15)22-8-11-3-5-20-6-4-11/h1-7,9-10H,8H2,(H,22,23)(H,24,25). The number of nitrogens with one attached hydrogen (secondary N) is 2. The zero-order valence-electron chi connectivity index (χ0n) is 12.9. The molecule has 1 aromatic carbocycles. The molecule has 126 valence electrons. The number of halogens is 2. The van der Waals surface area contributed by atoms with Crippen molar-refractivity contribution in [1.29, 1.82) is 0 Å². The molecule has 0 spiro atoms. The van der Waals surface area contributed by atoms with Crippen molar-refractivity contribution in [2.75, 3.05) is 10.6 Å². The lowest BCUT2D eigenvalue weighted by atomic mass is 10.3. The summed E-state index contributed by atoms with van der Waals surface area (Å²) in [6.07, 6.45) is 6.09. The molecule has 0 aliphatic carbocycles. The molecule has 0 unspecified atom stereocenters. The van der Waals surface area contributed by atoms with Gasteiger partial charge in [-0.05, 0) is 29.8 Å². The van der Waals surface area contributed by atoms with E-state index < -0.39 is 17.5 Å². The Morgan fingerprint density at radius 3 is 2.48 bits per heavy atom. The fourth-order valence-electron chi connectivity index (χ4n) is 2.00. The topological polar surface area (TPSA) is 79.8 Å². The van der Waals surface area contributed by atoms with Crippen molar-refractivity contribution >= 4 is 17.4 Å². The molecule has 0 atom stereocenters. The maximum Gasteiger partial charge on any atom is 0.275 e. The fourth-order valence-corrected chi connectivity index (χ4v) is 2.00. The van der Waals surface area contributed by atoms with Crippen LogP contribution in [0.25, 0.3) is 0 Å². The van der Waals surface area contributed by atoms with E-state index in [0.717, 1.165) is 17.7 Å². The number of amides is 1. The van der Waals surface area contributed by atoms with E-state index in [-0.39, 0.29) is 11.4 Å². The molecule has 0 radical (unpaired) electrons. The predicted octanol–water partition coefficient (Wildman–Crippen LogP) is 3.01. The van der Waals surface area contributed by atoms with Gasteiger partial charge in [-0.2, -0.15) is 0 Å². The van der Waals surface area contributed by atoms with Crippen LogP contribution in [0.4, 0.5) is 20.3 Å². The lowest BCUT2D eigenvalue weighted by molar-refractivity contribution is 0.102. The van der Waals surface area contributed by atoms with Crippen LogP contribution in [0.15, 0.2) is 55.1 Å². The Bertz CT molecular complexity index is 872. The van der Waals surface area contributed by atoms with Crippen molar-refractivity contribution in [1.82, 2.24) is 15.0 Å². The second-order valence-electron chi connectivity index (χ2n) is 5.08. The van der Waals surface area contributed by atoms with Crippen LogP contribution in [0, 0.1) is 11.6 Å². The van der Waals surface area contributed by atoms with Crippen molar-refractivity contribution in [2.45, 2.75) is 6.54 Å². The number of pyridine rings is 1. The van der Waals surface area contributed by atoms with Gasteiger partial charge in [-0.3, -0.25) is 9.78 Å². The molecule has 3 rings (SSSR count). The second kappa shape index (κ2) is 7.43. The Morgan fingerprint density at radius 2 is 1.80 bits per heavy atom. The van der Waals surface area contributed by atoms with E-state index in [9.17, 15) is 13.6 Å². The summed E-state index contributed by atoms with van der Waals surface area (Å²) in [5.41, 5.74) is 1.21. The van der Waals surface area contributed by atoms with Gasteiger partial charge in [-0.1, -0.05) is 0 Å². The molecule has 0 fully saturated rings. The minimum atomic E-state index is -1.04. The molecule has 3 aromatic rings. The summed E-state index contributed by atoms with van der Waals surface area (Å²) >= 11 is 0. The fraction of sp³-hybridized carbons (Fsp3) is 0.0588. The molecular formula is C17H13F2N5O. The third kappa shape index (κ3) is 4.31. The minimum Gasteiger partial charge on any atom is -0.365 e.